The van der Waals surface area contributed by atoms with Gasteiger partial charge in [0.25, 0.3) is 5.69 Å². The van der Waals surface area contributed by atoms with Crippen LogP contribution in [0, 0.1) is 10.1 Å². The molecule has 0 saturated heterocycles. The Morgan fingerprint density at radius 3 is 2.07 bits per heavy atom. The highest BCUT2D eigenvalue weighted by atomic mass is 79.9. The van der Waals surface area contributed by atoms with Crippen molar-refractivity contribution in [3.8, 4) is 0 Å². The molecular weight excluding hydrogens is 460 g/mol. The highest BCUT2D eigenvalue weighted by Gasteiger charge is 2.34. The van der Waals surface area contributed by atoms with E-state index in [2.05, 4.69) is 21.2 Å². The molecule has 0 saturated carbocycles. The van der Waals surface area contributed by atoms with Crippen molar-refractivity contribution in [1.82, 2.24) is 0 Å². The Labute approximate surface area is 163 Å². The van der Waals surface area contributed by atoms with Crippen LogP contribution in [-0.2, 0) is 12.4 Å². The second-order valence-corrected chi connectivity index (χ2v) is 6.11. The monoisotopic (exact) mass is 473 g/mol. The smallest absolute Gasteiger partial charge is 0.399 e. The molecule has 0 aliphatic rings. The maximum atomic E-state index is 12.5. The van der Waals surface area contributed by atoms with Crippen LogP contribution in [0.4, 0.5) is 43.4 Å². The van der Waals surface area contributed by atoms with Crippen molar-refractivity contribution < 1.29 is 31.3 Å². The van der Waals surface area contributed by atoms with E-state index in [0.29, 0.717) is 12.6 Å². The molecule has 0 bridgehead atoms. The number of nitrogens with one attached hydrogen (secondary N) is 1. The third-order valence-electron chi connectivity index (χ3n) is 3.18. The molecule has 0 amide bonds. The lowest BCUT2D eigenvalue weighted by molar-refractivity contribution is -0.385. The average molecular weight is 474 g/mol. The number of nitrogens with zero attached hydrogens (tertiary/aromatic N) is 1. The highest BCUT2D eigenvalue weighted by Crippen LogP contribution is 2.37. The van der Waals surface area contributed by atoms with E-state index >= 15 is 0 Å². The number of benzene rings is 2. The van der Waals surface area contributed by atoms with E-state index in [-0.39, 0.29) is 15.8 Å². The third kappa shape index (κ3) is 6.59. The van der Waals surface area contributed by atoms with E-state index < -0.39 is 34.1 Å². The predicted molar refractivity (Wildman–Crippen MR) is 95.8 cm³/mol. The molecule has 5 nitrogen and oxygen atoms in total. The van der Waals surface area contributed by atoms with Gasteiger partial charge in [0.15, 0.2) is 0 Å². The number of rotatable bonds is 3. The van der Waals surface area contributed by atoms with Gasteiger partial charge in [0.2, 0.25) is 0 Å². The minimum absolute atomic E-state index is 0.0641. The molecule has 0 aromatic heterocycles. The molecule has 2 aromatic carbocycles. The quantitative estimate of drug-likeness (QED) is 0.244. The maximum Gasteiger partial charge on any atom is 0.418 e. The summed E-state index contributed by atoms with van der Waals surface area (Å²) in [6.07, 6.45) is -8.96. The summed E-state index contributed by atoms with van der Waals surface area (Å²) < 4.78 is 73.9. The molecule has 3 N–H and O–H groups in total. The van der Waals surface area contributed by atoms with Crippen molar-refractivity contribution in [3.63, 3.8) is 0 Å². The van der Waals surface area contributed by atoms with Gasteiger partial charge in [0.05, 0.1) is 16.1 Å². The summed E-state index contributed by atoms with van der Waals surface area (Å²) in [6.45, 7) is 2.17. The number of hydrogen-bond acceptors (Lipinski definition) is 4. The number of anilines is 2. The van der Waals surface area contributed by atoms with E-state index in [1.54, 1.807) is 6.92 Å². The standard InChI is InChI=1S/C9H11F3N2.C7H3BrF3NO2/c1-2-14-8-4-3-6(13)5-7(8)9(10,11)12;8-6-2-1-4(12(13)14)3-5(6)7(9,10)11/h3-5,14H,2,13H2,1H3;1-3H. The number of alkyl halides is 6. The Hall–Kier alpha value is -2.50. The Morgan fingerprint density at radius 2 is 1.61 bits per heavy atom. The van der Waals surface area contributed by atoms with Gasteiger partial charge in [-0.05, 0) is 31.2 Å². The van der Waals surface area contributed by atoms with E-state index in [1.165, 1.54) is 12.1 Å². The topological polar surface area (TPSA) is 81.2 Å². The molecule has 12 heteroatoms. The Balaban J connectivity index is 0.000000280. The van der Waals surface area contributed by atoms with Gasteiger partial charge in [-0.25, -0.2) is 0 Å². The summed E-state index contributed by atoms with van der Waals surface area (Å²) in [6, 6.07) is 6.19. The van der Waals surface area contributed by atoms with Gasteiger partial charge in [-0.15, -0.1) is 0 Å². The number of non-ortho nitro benzene ring substituents is 1. The lowest BCUT2D eigenvalue weighted by atomic mass is 10.1. The molecule has 2 aromatic rings. The Morgan fingerprint density at radius 1 is 1.04 bits per heavy atom. The fraction of sp³-hybridized carbons (Fsp3) is 0.250. The van der Waals surface area contributed by atoms with E-state index in [9.17, 15) is 36.5 Å². The summed E-state index contributed by atoms with van der Waals surface area (Å²) in [7, 11) is 0. The molecule has 0 aliphatic heterocycles. The molecule has 0 spiro atoms. The average Bonchev–Trinajstić information content (AvgIpc) is 2.55. The van der Waals surface area contributed by atoms with Crippen LogP contribution in [0.1, 0.15) is 18.1 Å². The maximum absolute atomic E-state index is 12.5. The molecule has 0 aliphatic carbocycles. The van der Waals surface area contributed by atoms with Crippen molar-refractivity contribution in [2.24, 2.45) is 0 Å². The molecule has 2 rings (SSSR count). The number of hydrogen-bond donors (Lipinski definition) is 2. The van der Waals surface area contributed by atoms with E-state index in [4.69, 9.17) is 5.73 Å². The number of nitro benzene ring substituents is 1. The SMILES string of the molecule is CCNc1ccc(N)cc1C(F)(F)F.O=[N+]([O-])c1ccc(Br)c(C(F)(F)F)c1. The van der Waals surface area contributed by atoms with Crippen LogP contribution >= 0.6 is 15.9 Å². The van der Waals surface area contributed by atoms with Gasteiger partial charge in [-0.2, -0.15) is 26.3 Å². The normalized spacial score (nSPS) is 11.4. The second kappa shape index (κ2) is 9.13. The molecule has 0 radical (unpaired) electrons. The van der Waals surface area contributed by atoms with E-state index in [0.717, 1.165) is 18.2 Å². The summed E-state index contributed by atoms with van der Waals surface area (Å²) in [5, 5.41) is 12.8. The largest absolute Gasteiger partial charge is 0.418 e. The number of halogens is 7. The summed E-state index contributed by atoms with van der Waals surface area (Å²) >= 11 is 2.67. The van der Waals surface area contributed by atoms with E-state index in [1.807, 2.05) is 0 Å². The van der Waals surface area contributed by atoms with Gasteiger partial charge < -0.3 is 11.1 Å². The first-order valence-electron chi connectivity index (χ1n) is 7.49. The van der Waals surface area contributed by atoms with Gasteiger partial charge in [0, 0.05) is 34.5 Å². The van der Waals surface area contributed by atoms with Crippen LogP contribution < -0.4 is 11.1 Å². The molecule has 0 atom stereocenters. The van der Waals surface area contributed by atoms with Crippen molar-refractivity contribution in [2.45, 2.75) is 19.3 Å². The minimum atomic E-state index is -4.59. The molecule has 154 valence electrons. The van der Waals surface area contributed by atoms with Crippen LogP contribution in [0.2, 0.25) is 0 Å². The molecule has 0 heterocycles. The fourth-order valence-electron chi connectivity index (χ4n) is 1.99. The third-order valence-corrected chi connectivity index (χ3v) is 3.87. The zero-order valence-electron chi connectivity index (χ0n) is 14.2. The predicted octanol–water partition coefficient (Wildman–Crippen LogP) is 6.10. The van der Waals surface area contributed by atoms with Crippen molar-refractivity contribution in [2.75, 3.05) is 17.6 Å². The van der Waals surface area contributed by atoms with Crippen molar-refractivity contribution in [3.05, 3.63) is 62.1 Å². The lowest BCUT2D eigenvalue weighted by Gasteiger charge is -2.13. The number of nitrogens with two attached hydrogens (primary N) is 1. The molecule has 0 unspecified atom stereocenters. The zero-order valence-corrected chi connectivity index (χ0v) is 15.7. The highest BCUT2D eigenvalue weighted by molar-refractivity contribution is 9.10. The minimum Gasteiger partial charge on any atom is -0.399 e. The van der Waals surface area contributed by atoms with Gasteiger partial charge >= 0.3 is 12.4 Å². The number of nitrogen functional groups attached to an aromatic ring is 1. The number of nitro groups is 1. The molecular formula is C16H14BrF6N3O2. The van der Waals surface area contributed by atoms with Gasteiger partial charge in [-0.1, -0.05) is 15.9 Å². The summed E-state index contributed by atoms with van der Waals surface area (Å²) in [5.74, 6) is 0. The lowest BCUT2D eigenvalue weighted by Crippen LogP contribution is -2.11. The zero-order chi connectivity index (χ0) is 21.7. The first-order chi connectivity index (χ1) is 12.8. The van der Waals surface area contributed by atoms with Gasteiger partial charge in [-0.3, -0.25) is 10.1 Å². The summed E-state index contributed by atoms with van der Waals surface area (Å²) in [5.41, 5.74) is 3.11. The second-order valence-electron chi connectivity index (χ2n) is 5.25. The van der Waals surface area contributed by atoms with Crippen molar-refractivity contribution >= 4 is 33.0 Å². The molecule has 0 fully saturated rings. The Bertz CT molecular complexity index is 840. The van der Waals surface area contributed by atoms with Gasteiger partial charge in [0.1, 0.15) is 0 Å². The van der Waals surface area contributed by atoms with Crippen LogP contribution in [0.15, 0.2) is 40.9 Å². The first kappa shape index (κ1) is 23.5. The fourth-order valence-corrected chi connectivity index (χ4v) is 2.46. The van der Waals surface area contributed by atoms with Crippen LogP contribution in [0.25, 0.3) is 0 Å². The molecule has 28 heavy (non-hydrogen) atoms. The first-order valence-corrected chi connectivity index (χ1v) is 8.28. The Kier molecular flexibility index (Phi) is 7.67. The van der Waals surface area contributed by atoms with Crippen LogP contribution in [0.3, 0.4) is 0 Å². The summed E-state index contributed by atoms with van der Waals surface area (Å²) in [4.78, 5) is 9.34. The van der Waals surface area contributed by atoms with Crippen LogP contribution in [-0.4, -0.2) is 11.5 Å². The van der Waals surface area contributed by atoms with Crippen molar-refractivity contribution in [1.29, 1.82) is 0 Å². The van der Waals surface area contributed by atoms with Crippen LogP contribution in [0.5, 0.6) is 0 Å².